The lowest BCUT2D eigenvalue weighted by Gasteiger charge is -2.43. The van der Waals surface area contributed by atoms with Crippen LogP contribution < -0.4 is 0 Å². The Kier molecular flexibility index (Phi) is 12.8. The van der Waals surface area contributed by atoms with Crippen LogP contribution >= 0.6 is 0 Å². The van der Waals surface area contributed by atoms with Crippen LogP contribution in [0, 0.1) is 0 Å². The molecule has 0 radical (unpaired) electrons. The average molecular weight is 525 g/mol. The molecule has 0 saturated heterocycles. The van der Waals surface area contributed by atoms with Gasteiger partial charge in [0.1, 0.15) is 38.6 Å². The van der Waals surface area contributed by atoms with Gasteiger partial charge in [0.25, 0.3) is 0 Å². The predicted molar refractivity (Wildman–Crippen MR) is 144 cm³/mol. The van der Waals surface area contributed by atoms with E-state index in [9.17, 15) is 0 Å². The van der Waals surface area contributed by atoms with Crippen molar-refractivity contribution in [1.82, 2.24) is 0 Å². The van der Waals surface area contributed by atoms with Crippen LogP contribution in [0.3, 0.4) is 0 Å². The summed E-state index contributed by atoms with van der Waals surface area (Å²) in [6.45, 7) is 25.8. The van der Waals surface area contributed by atoms with Crippen molar-refractivity contribution in [1.29, 1.82) is 0 Å². The maximum Gasteiger partial charge on any atom is 0.184 e. The fourth-order valence-corrected chi connectivity index (χ4v) is 7.07. The molecule has 0 fully saturated rings. The van der Waals surface area contributed by atoms with Crippen molar-refractivity contribution in [2.75, 3.05) is 14.2 Å². The van der Waals surface area contributed by atoms with E-state index < -0.39 is 57.7 Å². The van der Waals surface area contributed by atoms with Crippen molar-refractivity contribution in [3.05, 3.63) is 0 Å². The fraction of sp³-hybridized carbons (Fsp3) is 0.900. The molecule has 0 saturated carbocycles. The Morgan fingerprint density at radius 2 is 0.719 bits per heavy atom. The van der Waals surface area contributed by atoms with Gasteiger partial charge >= 0.3 is 0 Å². The molecule has 0 rings (SSSR count). The topological polar surface area (TPSA) is 80.1 Å². The Labute approximate surface area is 200 Å². The molecule has 0 spiro atoms. The normalized spacial score (nSPS) is 18.1. The molecule has 8 nitrogen and oxygen atoms in total. The van der Waals surface area contributed by atoms with Crippen LogP contribution in [0.25, 0.3) is 0 Å². The van der Waals surface area contributed by atoms with Crippen molar-refractivity contribution in [2.45, 2.75) is 103 Å². The molecule has 0 aromatic carbocycles. The summed E-state index contributed by atoms with van der Waals surface area (Å²) in [6, 6.07) is 0. The number of rotatable bonds is 15. The summed E-state index contributed by atoms with van der Waals surface area (Å²) < 4.78 is 26.6. The van der Waals surface area contributed by atoms with Crippen LogP contribution in [-0.4, -0.2) is 84.3 Å². The summed E-state index contributed by atoms with van der Waals surface area (Å²) >= 11 is 0. The largest absolute Gasteiger partial charge is 0.409 e. The van der Waals surface area contributed by atoms with E-state index in [1.165, 1.54) is 14.2 Å². The minimum atomic E-state index is -2.02. The summed E-state index contributed by atoms with van der Waals surface area (Å²) in [5.41, 5.74) is 0. The highest BCUT2D eigenvalue weighted by atomic mass is 28.4. The van der Waals surface area contributed by atoms with E-state index in [2.05, 4.69) is 88.9 Å². The molecule has 0 amide bonds. The second kappa shape index (κ2) is 12.9. The third kappa shape index (κ3) is 15.5. The molecule has 0 aliphatic heterocycles. The zero-order valence-electron chi connectivity index (χ0n) is 22.8. The van der Waals surface area contributed by atoms with Crippen LogP contribution in [0.5, 0.6) is 0 Å². The van der Waals surface area contributed by atoms with Gasteiger partial charge in [-0.05, 0) is 78.6 Å². The standard InChI is InChI=1S/C20H48N2O6Si4/c1-23-21-15-17(25-29(3,4)5)19(27-31(9,10)11)20(28-32(12,13)14)18(16-22-24-2)26-30(6,7)8/h15-20H,1-14H3. The fourth-order valence-electron chi connectivity index (χ4n) is 2.88. The van der Waals surface area contributed by atoms with E-state index in [-0.39, 0.29) is 0 Å². The van der Waals surface area contributed by atoms with Crippen molar-refractivity contribution in [3.63, 3.8) is 0 Å². The second-order valence-corrected chi connectivity index (χ2v) is 29.5. The van der Waals surface area contributed by atoms with Gasteiger partial charge in [-0.2, -0.15) is 0 Å². The molecule has 190 valence electrons. The van der Waals surface area contributed by atoms with Gasteiger partial charge in [-0.3, -0.25) is 0 Å². The van der Waals surface area contributed by atoms with Crippen molar-refractivity contribution < 1.29 is 27.4 Å². The SMILES string of the molecule is CON=CC(O[Si](C)(C)C)C(O[Si](C)(C)C)C(O[Si](C)(C)C)C(C=NOC)O[Si](C)(C)C. The zero-order valence-corrected chi connectivity index (χ0v) is 26.8. The lowest BCUT2D eigenvalue weighted by atomic mass is 10.0. The summed E-state index contributed by atoms with van der Waals surface area (Å²) in [5, 5.41) is 8.11. The summed E-state index contributed by atoms with van der Waals surface area (Å²) in [7, 11) is -4.93. The molecule has 0 N–H and O–H groups in total. The zero-order chi connectivity index (χ0) is 25.4. The molecule has 4 unspecified atom stereocenters. The lowest BCUT2D eigenvalue weighted by Crippen LogP contribution is -2.59. The molecule has 32 heavy (non-hydrogen) atoms. The van der Waals surface area contributed by atoms with Gasteiger partial charge in [-0.1, -0.05) is 10.3 Å². The van der Waals surface area contributed by atoms with Crippen LogP contribution in [0.15, 0.2) is 10.3 Å². The van der Waals surface area contributed by atoms with Gasteiger partial charge in [0, 0.05) is 0 Å². The third-order valence-corrected chi connectivity index (χ3v) is 7.47. The Bertz CT molecular complexity index is 543. The third-order valence-electron chi connectivity index (χ3n) is 3.56. The maximum atomic E-state index is 6.75. The number of hydrogen-bond donors (Lipinski definition) is 0. The van der Waals surface area contributed by atoms with Gasteiger partial charge in [-0.25, -0.2) is 0 Å². The average Bonchev–Trinajstić information content (AvgIpc) is 2.54. The van der Waals surface area contributed by atoms with Crippen molar-refractivity contribution in [2.24, 2.45) is 10.3 Å². The van der Waals surface area contributed by atoms with Gasteiger partial charge < -0.3 is 27.4 Å². The van der Waals surface area contributed by atoms with E-state index in [0.29, 0.717) is 0 Å². The first-order valence-corrected chi connectivity index (χ1v) is 24.8. The van der Waals surface area contributed by atoms with E-state index in [4.69, 9.17) is 27.4 Å². The van der Waals surface area contributed by atoms with Crippen LogP contribution in [-0.2, 0) is 27.4 Å². The van der Waals surface area contributed by atoms with Crippen LogP contribution in [0.1, 0.15) is 0 Å². The Morgan fingerprint density at radius 3 is 0.906 bits per heavy atom. The van der Waals surface area contributed by atoms with Gasteiger partial charge in [0.05, 0.1) is 12.4 Å². The van der Waals surface area contributed by atoms with E-state index in [1.807, 2.05) is 0 Å². The molecule has 0 aromatic rings. The summed E-state index contributed by atoms with van der Waals surface area (Å²) in [6.07, 6.45) is 1.54. The highest BCUT2D eigenvalue weighted by Gasteiger charge is 2.44. The quantitative estimate of drug-likeness (QED) is 0.168. The second-order valence-electron chi connectivity index (χ2n) is 11.7. The summed E-state index contributed by atoms with van der Waals surface area (Å²) in [5.74, 6) is 0. The molecule has 0 aliphatic carbocycles. The summed E-state index contributed by atoms with van der Waals surface area (Å²) in [4.78, 5) is 10.0. The molecule has 12 heteroatoms. The van der Waals surface area contributed by atoms with Gasteiger partial charge in [-0.15, -0.1) is 0 Å². The molecule has 0 aliphatic rings. The molecule has 0 bridgehead atoms. The van der Waals surface area contributed by atoms with E-state index in [1.54, 1.807) is 12.4 Å². The number of oxime groups is 2. The Hall–Kier alpha value is -0.352. The van der Waals surface area contributed by atoms with Crippen molar-refractivity contribution >= 4 is 45.7 Å². The Balaban J connectivity index is 6.69. The van der Waals surface area contributed by atoms with E-state index in [0.717, 1.165) is 0 Å². The lowest BCUT2D eigenvalue weighted by molar-refractivity contribution is -0.0423. The molecule has 0 heterocycles. The molecule has 4 atom stereocenters. The van der Waals surface area contributed by atoms with Crippen LogP contribution in [0.4, 0.5) is 0 Å². The Morgan fingerprint density at radius 1 is 0.469 bits per heavy atom. The molecular formula is C20H48N2O6Si4. The first-order valence-electron chi connectivity index (χ1n) is 11.1. The first kappa shape index (κ1) is 31.6. The highest BCUT2D eigenvalue weighted by molar-refractivity contribution is 6.71. The minimum absolute atomic E-state index is 0.455. The van der Waals surface area contributed by atoms with Crippen LogP contribution in [0.2, 0.25) is 78.6 Å². The maximum absolute atomic E-state index is 6.75. The minimum Gasteiger partial charge on any atom is -0.409 e. The molecular weight excluding hydrogens is 477 g/mol. The molecule has 0 aromatic heterocycles. The smallest absolute Gasteiger partial charge is 0.184 e. The van der Waals surface area contributed by atoms with Gasteiger partial charge in [0.15, 0.2) is 33.3 Å². The van der Waals surface area contributed by atoms with Crippen molar-refractivity contribution in [3.8, 4) is 0 Å². The highest BCUT2D eigenvalue weighted by Crippen LogP contribution is 2.27. The first-order chi connectivity index (χ1) is 14.3. The monoisotopic (exact) mass is 524 g/mol. The van der Waals surface area contributed by atoms with E-state index >= 15 is 0 Å². The van der Waals surface area contributed by atoms with Gasteiger partial charge in [0.2, 0.25) is 0 Å². The number of nitrogens with zero attached hydrogens (tertiary/aromatic N) is 2. The predicted octanol–water partition coefficient (Wildman–Crippen LogP) is 5.13. The number of hydrogen-bond acceptors (Lipinski definition) is 8.